The molecule has 0 aromatic heterocycles. The summed E-state index contributed by atoms with van der Waals surface area (Å²) in [6, 6.07) is 6.85. The van der Waals surface area contributed by atoms with Gasteiger partial charge < -0.3 is 0 Å². The highest BCUT2D eigenvalue weighted by atomic mass is 35.5. The Balaban J connectivity index is 2.48. The molecule has 0 fully saturated rings. The number of halogens is 3. The molecule has 0 amide bonds. The molecule has 1 aliphatic carbocycles. The van der Waals surface area contributed by atoms with Crippen LogP contribution >= 0.6 is 23.2 Å². The lowest BCUT2D eigenvalue weighted by Crippen LogP contribution is -2.26. The fourth-order valence-corrected chi connectivity index (χ4v) is 2.73. The zero-order chi connectivity index (χ0) is 14.8. The molecule has 0 N–H and O–H groups in total. The monoisotopic (exact) mass is 307 g/mol. The zero-order valence-electron chi connectivity index (χ0n) is 10.8. The van der Waals surface area contributed by atoms with Gasteiger partial charge in [0.15, 0.2) is 0 Å². The van der Waals surface area contributed by atoms with Crippen LogP contribution in [0, 0.1) is 17.1 Å². The molecular formula is C16H12Cl2FN. The van der Waals surface area contributed by atoms with Crippen LogP contribution in [0.15, 0.2) is 53.1 Å². The average molecular weight is 308 g/mol. The Kier molecular flexibility index (Phi) is 4.32. The van der Waals surface area contributed by atoms with Gasteiger partial charge in [-0.05, 0) is 30.2 Å². The number of hydrogen-bond donors (Lipinski definition) is 0. The van der Waals surface area contributed by atoms with Crippen LogP contribution in [0.3, 0.4) is 0 Å². The fraction of sp³-hybridized carbons (Fsp3) is 0.188. The first-order valence-electron chi connectivity index (χ1n) is 6.06. The third kappa shape index (κ3) is 2.65. The summed E-state index contributed by atoms with van der Waals surface area (Å²) in [5, 5.41) is 9.22. The lowest BCUT2D eigenvalue weighted by Gasteiger charge is -2.33. The SMILES string of the molecule is CC1(c2cccc(Cl)c2F)CC(/C=C\C#N)=CC=C1Cl. The molecule has 0 heterocycles. The molecule has 102 valence electrons. The van der Waals surface area contributed by atoms with Crippen molar-refractivity contribution in [2.45, 2.75) is 18.8 Å². The van der Waals surface area contributed by atoms with E-state index in [1.54, 1.807) is 24.3 Å². The molecule has 0 saturated heterocycles. The highest BCUT2D eigenvalue weighted by molar-refractivity contribution is 6.31. The van der Waals surface area contributed by atoms with Crippen molar-refractivity contribution in [3.8, 4) is 6.07 Å². The third-order valence-corrected chi connectivity index (χ3v) is 4.28. The maximum absolute atomic E-state index is 14.3. The number of benzene rings is 1. The van der Waals surface area contributed by atoms with Crippen LogP contribution in [0.5, 0.6) is 0 Å². The predicted octanol–water partition coefficient (Wildman–Crippen LogP) is 5.27. The second kappa shape index (κ2) is 5.83. The summed E-state index contributed by atoms with van der Waals surface area (Å²) < 4.78 is 14.3. The van der Waals surface area contributed by atoms with Gasteiger partial charge in [0.2, 0.25) is 0 Å². The first-order chi connectivity index (χ1) is 9.49. The third-order valence-electron chi connectivity index (χ3n) is 3.45. The maximum Gasteiger partial charge on any atom is 0.145 e. The highest BCUT2D eigenvalue weighted by Crippen LogP contribution is 2.44. The molecule has 1 aromatic carbocycles. The van der Waals surface area contributed by atoms with E-state index in [0.29, 0.717) is 17.0 Å². The highest BCUT2D eigenvalue weighted by Gasteiger charge is 2.35. The van der Waals surface area contributed by atoms with Crippen molar-refractivity contribution in [2.75, 3.05) is 0 Å². The number of nitrogens with zero attached hydrogens (tertiary/aromatic N) is 1. The molecule has 0 spiro atoms. The minimum absolute atomic E-state index is 0.0804. The largest absolute Gasteiger partial charge is 0.205 e. The van der Waals surface area contributed by atoms with Gasteiger partial charge in [0.05, 0.1) is 11.1 Å². The first kappa shape index (κ1) is 14.8. The Morgan fingerprint density at radius 3 is 2.80 bits per heavy atom. The molecule has 0 bridgehead atoms. The number of hydrogen-bond acceptors (Lipinski definition) is 1. The van der Waals surface area contributed by atoms with Gasteiger partial charge in [0.1, 0.15) is 5.82 Å². The molecule has 1 aromatic rings. The summed E-state index contributed by atoms with van der Waals surface area (Å²) in [4.78, 5) is 0. The summed E-state index contributed by atoms with van der Waals surface area (Å²) in [7, 11) is 0. The maximum atomic E-state index is 14.3. The van der Waals surface area contributed by atoms with Crippen LogP contribution in [0.2, 0.25) is 5.02 Å². The minimum atomic E-state index is -0.680. The molecule has 0 radical (unpaired) electrons. The van der Waals surface area contributed by atoms with E-state index in [0.717, 1.165) is 5.57 Å². The minimum Gasteiger partial charge on any atom is -0.205 e. The van der Waals surface area contributed by atoms with E-state index in [9.17, 15) is 4.39 Å². The Morgan fingerprint density at radius 1 is 1.35 bits per heavy atom. The summed E-state index contributed by atoms with van der Waals surface area (Å²) in [5.74, 6) is -0.450. The van der Waals surface area contributed by atoms with Gasteiger partial charge in [-0.25, -0.2) is 4.39 Å². The lowest BCUT2D eigenvalue weighted by atomic mass is 9.74. The summed E-state index contributed by atoms with van der Waals surface area (Å²) in [6.45, 7) is 1.87. The normalized spacial score (nSPS) is 22.4. The molecular weight excluding hydrogens is 296 g/mol. The van der Waals surface area contributed by atoms with Crippen LogP contribution < -0.4 is 0 Å². The lowest BCUT2D eigenvalue weighted by molar-refractivity contribution is 0.517. The van der Waals surface area contributed by atoms with Gasteiger partial charge in [0.25, 0.3) is 0 Å². The van der Waals surface area contributed by atoms with Gasteiger partial charge in [-0.1, -0.05) is 48.3 Å². The number of rotatable bonds is 2. The van der Waals surface area contributed by atoms with Crippen molar-refractivity contribution in [3.63, 3.8) is 0 Å². The first-order valence-corrected chi connectivity index (χ1v) is 6.82. The summed E-state index contributed by atoms with van der Waals surface area (Å²) in [6.07, 6.45) is 7.19. The van der Waals surface area contributed by atoms with Crippen LogP contribution in [0.25, 0.3) is 0 Å². The van der Waals surface area contributed by atoms with Crippen molar-refractivity contribution in [1.82, 2.24) is 0 Å². The van der Waals surface area contributed by atoms with E-state index in [1.807, 2.05) is 19.1 Å². The van der Waals surface area contributed by atoms with Gasteiger partial charge in [-0.3, -0.25) is 0 Å². The second-order valence-corrected chi connectivity index (χ2v) is 5.64. The van der Waals surface area contributed by atoms with E-state index < -0.39 is 11.2 Å². The molecule has 1 unspecified atom stereocenters. The molecule has 0 saturated carbocycles. The van der Waals surface area contributed by atoms with Crippen molar-refractivity contribution in [3.05, 3.63) is 69.5 Å². The number of nitriles is 1. The number of allylic oxidation sites excluding steroid dienone is 6. The van der Waals surface area contributed by atoms with Crippen LogP contribution in [0.1, 0.15) is 18.9 Å². The van der Waals surface area contributed by atoms with Crippen molar-refractivity contribution >= 4 is 23.2 Å². The molecule has 0 aliphatic heterocycles. The molecule has 1 nitrogen and oxygen atoms in total. The predicted molar refractivity (Wildman–Crippen MR) is 80.2 cm³/mol. The van der Waals surface area contributed by atoms with E-state index in [1.165, 1.54) is 12.1 Å². The van der Waals surface area contributed by atoms with Crippen LogP contribution in [-0.2, 0) is 5.41 Å². The summed E-state index contributed by atoms with van der Waals surface area (Å²) >= 11 is 12.2. The van der Waals surface area contributed by atoms with E-state index >= 15 is 0 Å². The van der Waals surface area contributed by atoms with Gasteiger partial charge in [-0.15, -0.1) is 0 Å². The Bertz CT molecular complexity index is 668. The topological polar surface area (TPSA) is 23.8 Å². The average Bonchev–Trinajstić information content (AvgIpc) is 2.43. The van der Waals surface area contributed by atoms with E-state index in [4.69, 9.17) is 28.5 Å². The quantitative estimate of drug-likeness (QED) is 0.683. The molecule has 20 heavy (non-hydrogen) atoms. The molecule has 4 heteroatoms. The Morgan fingerprint density at radius 2 is 2.10 bits per heavy atom. The van der Waals surface area contributed by atoms with Gasteiger partial charge >= 0.3 is 0 Å². The fourth-order valence-electron chi connectivity index (χ4n) is 2.33. The van der Waals surface area contributed by atoms with Crippen molar-refractivity contribution in [1.29, 1.82) is 5.26 Å². The van der Waals surface area contributed by atoms with Crippen molar-refractivity contribution in [2.24, 2.45) is 0 Å². The summed E-state index contributed by atoms with van der Waals surface area (Å²) in [5.41, 5.74) is 0.695. The van der Waals surface area contributed by atoms with Crippen molar-refractivity contribution < 1.29 is 4.39 Å². The molecule has 1 atom stereocenters. The van der Waals surface area contributed by atoms with Crippen LogP contribution in [-0.4, -0.2) is 0 Å². The van der Waals surface area contributed by atoms with Gasteiger partial charge in [-0.2, -0.15) is 5.26 Å². The molecule has 1 aliphatic rings. The standard InChI is InChI=1S/C16H12Cl2FN/c1-16(12-5-2-6-13(17)15(12)19)10-11(4-3-9-20)7-8-14(16)18/h2-8H,10H2,1H3/b4-3-. The Labute approximate surface area is 127 Å². The van der Waals surface area contributed by atoms with E-state index in [2.05, 4.69) is 0 Å². The smallest absolute Gasteiger partial charge is 0.145 e. The van der Waals surface area contributed by atoms with Crippen LogP contribution in [0.4, 0.5) is 4.39 Å². The molecule has 2 rings (SSSR count). The Hall–Kier alpha value is -1.56. The van der Waals surface area contributed by atoms with E-state index in [-0.39, 0.29) is 5.02 Å². The zero-order valence-corrected chi connectivity index (χ0v) is 12.3. The second-order valence-electron chi connectivity index (χ2n) is 4.83. The van der Waals surface area contributed by atoms with Gasteiger partial charge in [0, 0.05) is 22.1 Å².